The summed E-state index contributed by atoms with van der Waals surface area (Å²) >= 11 is 1.04. The average Bonchev–Trinajstić information content (AvgIpc) is 2.60. The zero-order chi connectivity index (χ0) is 18.4. The molecule has 25 heavy (non-hydrogen) atoms. The molecule has 6 nitrogen and oxygen atoms in total. The van der Waals surface area contributed by atoms with Crippen LogP contribution in [0.5, 0.6) is 0 Å². The Bertz CT molecular complexity index is 805. The van der Waals surface area contributed by atoms with E-state index in [1.807, 2.05) is 37.3 Å². The number of hydrogen-bond donors (Lipinski definition) is 1. The lowest BCUT2D eigenvalue weighted by atomic mass is 9.78. The van der Waals surface area contributed by atoms with Crippen LogP contribution in [0.4, 0.5) is 0 Å². The maximum absolute atomic E-state index is 12.4. The highest BCUT2D eigenvalue weighted by Crippen LogP contribution is 2.40. The molecule has 1 amide bonds. The minimum atomic E-state index is -0.998. The molecule has 2 rings (SSSR count). The van der Waals surface area contributed by atoms with Crippen molar-refractivity contribution in [2.75, 3.05) is 12.4 Å². The van der Waals surface area contributed by atoms with Gasteiger partial charge in [-0.15, -0.1) is 0 Å². The molecule has 1 aliphatic rings. The van der Waals surface area contributed by atoms with E-state index in [-0.39, 0.29) is 17.9 Å². The third-order valence-corrected chi connectivity index (χ3v) is 4.82. The molecule has 0 unspecified atom stereocenters. The molecule has 0 fully saturated rings. The van der Waals surface area contributed by atoms with Crippen molar-refractivity contribution in [2.45, 2.75) is 19.8 Å². The van der Waals surface area contributed by atoms with E-state index in [1.165, 1.54) is 0 Å². The van der Waals surface area contributed by atoms with Gasteiger partial charge < -0.3 is 10.1 Å². The predicted molar refractivity (Wildman–Crippen MR) is 92.9 cm³/mol. The number of esters is 1. The minimum absolute atomic E-state index is 0.0215. The number of amides is 1. The molecule has 0 aliphatic carbocycles. The maximum atomic E-state index is 12.4. The van der Waals surface area contributed by atoms with E-state index in [1.54, 1.807) is 6.92 Å². The second-order valence-corrected chi connectivity index (χ2v) is 6.36. The van der Waals surface area contributed by atoms with Gasteiger partial charge in [-0.05, 0) is 25.0 Å². The Morgan fingerprint density at radius 3 is 2.68 bits per heavy atom. The zero-order valence-corrected chi connectivity index (χ0v) is 14.7. The predicted octanol–water partition coefficient (Wildman–Crippen LogP) is 2.38. The van der Waals surface area contributed by atoms with Crippen LogP contribution in [0.2, 0.25) is 0 Å². The summed E-state index contributed by atoms with van der Waals surface area (Å²) in [6, 6.07) is 11.5. The van der Waals surface area contributed by atoms with Gasteiger partial charge in [-0.3, -0.25) is 9.59 Å². The van der Waals surface area contributed by atoms with Crippen molar-refractivity contribution in [3.8, 4) is 12.1 Å². The quantitative estimate of drug-likeness (QED) is 0.814. The van der Waals surface area contributed by atoms with Crippen LogP contribution in [0.25, 0.3) is 0 Å². The Labute approximate surface area is 150 Å². The molecule has 128 valence electrons. The largest absolute Gasteiger partial charge is 0.465 e. The molecule has 1 aliphatic heterocycles. The van der Waals surface area contributed by atoms with Crippen LogP contribution in [0.3, 0.4) is 0 Å². The van der Waals surface area contributed by atoms with Gasteiger partial charge in [-0.25, -0.2) is 0 Å². The fourth-order valence-corrected chi connectivity index (χ4v) is 3.53. The lowest BCUT2D eigenvalue weighted by Gasteiger charge is -2.29. The maximum Gasteiger partial charge on any atom is 0.316 e. The van der Waals surface area contributed by atoms with Crippen molar-refractivity contribution in [2.24, 2.45) is 5.92 Å². The molecule has 0 bridgehead atoms. The average molecular weight is 355 g/mol. The molecule has 0 saturated carbocycles. The van der Waals surface area contributed by atoms with Crippen LogP contribution in [-0.2, 0) is 14.3 Å². The molecule has 1 aromatic carbocycles. The van der Waals surface area contributed by atoms with Gasteiger partial charge in [-0.1, -0.05) is 36.0 Å². The highest BCUT2D eigenvalue weighted by atomic mass is 32.2. The van der Waals surface area contributed by atoms with Gasteiger partial charge in [0.1, 0.15) is 5.92 Å². The third-order valence-electron chi connectivity index (χ3n) is 3.83. The van der Waals surface area contributed by atoms with Crippen LogP contribution >= 0.6 is 11.8 Å². The van der Waals surface area contributed by atoms with Crippen LogP contribution in [0, 0.1) is 35.5 Å². The highest BCUT2D eigenvalue weighted by molar-refractivity contribution is 8.03. The normalized spacial score (nSPS) is 19.6. The molecule has 0 spiro atoms. The second-order valence-electron chi connectivity index (χ2n) is 5.38. The topological polar surface area (TPSA) is 103 Å². The number of hydrogen-bond acceptors (Lipinski definition) is 6. The number of ether oxygens (including phenoxy) is 1. The zero-order valence-electron chi connectivity index (χ0n) is 13.9. The Kier molecular flexibility index (Phi) is 6.21. The fourth-order valence-electron chi connectivity index (χ4n) is 2.69. The number of nitriles is 2. The number of carbonyl (C=O) groups is 2. The number of rotatable bonds is 5. The number of benzene rings is 1. The summed E-state index contributed by atoms with van der Waals surface area (Å²) in [6.07, 6.45) is 0. The Morgan fingerprint density at radius 2 is 2.08 bits per heavy atom. The molecule has 1 aromatic rings. The van der Waals surface area contributed by atoms with Gasteiger partial charge in [0, 0.05) is 5.92 Å². The molecule has 0 saturated heterocycles. The standard InChI is InChI=1S/C18H17N3O3S/c1-3-24-15(22)10-25-18-14(9-20)16(13(8-19)17(23)21-18)12-7-5-4-6-11(12)2/h4-7,13,16H,3,10H2,1-2H3,(H,21,23)/t13-,16+/m0/s1. The van der Waals surface area contributed by atoms with Gasteiger partial charge in [0.25, 0.3) is 0 Å². The molecule has 0 radical (unpaired) electrons. The SMILES string of the molecule is CCOC(=O)CSC1=C(C#N)[C@H](c2ccccc2C)[C@H](C#N)C(=O)N1. The van der Waals surface area contributed by atoms with E-state index in [0.29, 0.717) is 5.03 Å². The molecular formula is C18H17N3O3S. The Balaban J connectivity index is 2.45. The van der Waals surface area contributed by atoms with Crippen LogP contribution in [-0.4, -0.2) is 24.2 Å². The van der Waals surface area contributed by atoms with Gasteiger partial charge in [-0.2, -0.15) is 10.5 Å². The van der Waals surface area contributed by atoms with Crippen molar-refractivity contribution >= 4 is 23.6 Å². The van der Waals surface area contributed by atoms with Crippen molar-refractivity contribution in [3.05, 3.63) is 46.0 Å². The number of aryl methyl sites for hydroxylation is 1. The molecule has 7 heteroatoms. The van der Waals surface area contributed by atoms with Crippen LogP contribution in [0.1, 0.15) is 24.0 Å². The summed E-state index contributed by atoms with van der Waals surface area (Å²) in [5.74, 6) is -2.58. The summed E-state index contributed by atoms with van der Waals surface area (Å²) in [6.45, 7) is 3.84. The van der Waals surface area contributed by atoms with Gasteiger partial charge >= 0.3 is 5.97 Å². The van der Waals surface area contributed by atoms with E-state index in [9.17, 15) is 20.1 Å². The summed E-state index contributed by atoms with van der Waals surface area (Å²) < 4.78 is 4.87. The van der Waals surface area contributed by atoms with Crippen LogP contribution < -0.4 is 5.32 Å². The molecule has 1 N–H and O–H groups in total. The second kappa shape index (κ2) is 8.36. The number of thioether (sulfide) groups is 1. The van der Waals surface area contributed by atoms with E-state index >= 15 is 0 Å². The van der Waals surface area contributed by atoms with E-state index < -0.39 is 23.7 Å². The fraction of sp³-hybridized carbons (Fsp3) is 0.333. The molecular weight excluding hydrogens is 338 g/mol. The Morgan fingerprint density at radius 1 is 1.36 bits per heavy atom. The minimum Gasteiger partial charge on any atom is -0.465 e. The lowest BCUT2D eigenvalue weighted by molar-refractivity contribution is -0.139. The van der Waals surface area contributed by atoms with E-state index in [2.05, 4.69) is 11.4 Å². The van der Waals surface area contributed by atoms with Crippen molar-refractivity contribution in [1.82, 2.24) is 5.32 Å². The number of carbonyl (C=O) groups excluding carboxylic acids is 2. The molecule has 1 heterocycles. The first-order valence-electron chi connectivity index (χ1n) is 7.72. The lowest BCUT2D eigenvalue weighted by Crippen LogP contribution is -2.39. The smallest absolute Gasteiger partial charge is 0.316 e. The van der Waals surface area contributed by atoms with Crippen molar-refractivity contribution in [3.63, 3.8) is 0 Å². The summed E-state index contributed by atoms with van der Waals surface area (Å²) in [7, 11) is 0. The van der Waals surface area contributed by atoms with Gasteiger partial charge in [0.15, 0.2) is 0 Å². The first kappa shape index (κ1) is 18.6. The first-order valence-corrected chi connectivity index (χ1v) is 8.70. The van der Waals surface area contributed by atoms with Gasteiger partial charge in [0.05, 0.1) is 35.1 Å². The first-order chi connectivity index (χ1) is 12.0. The summed E-state index contributed by atoms with van der Waals surface area (Å²) in [5, 5.41) is 22.0. The van der Waals surface area contributed by atoms with E-state index in [4.69, 9.17) is 4.74 Å². The highest BCUT2D eigenvalue weighted by Gasteiger charge is 2.40. The Hall–Kier alpha value is -2.77. The number of nitrogens with zero attached hydrogens (tertiary/aromatic N) is 2. The van der Waals surface area contributed by atoms with Crippen molar-refractivity contribution < 1.29 is 14.3 Å². The number of nitrogens with one attached hydrogen (secondary N) is 1. The summed E-state index contributed by atoms with van der Waals surface area (Å²) in [5.41, 5.74) is 1.94. The van der Waals surface area contributed by atoms with Crippen molar-refractivity contribution in [1.29, 1.82) is 10.5 Å². The number of allylic oxidation sites excluding steroid dienone is 1. The van der Waals surface area contributed by atoms with Crippen LogP contribution in [0.15, 0.2) is 34.9 Å². The molecule has 0 aromatic heterocycles. The molecule has 2 atom stereocenters. The summed E-state index contributed by atoms with van der Waals surface area (Å²) in [4.78, 5) is 23.9. The van der Waals surface area contributed by atoms with E-state index in [0.717, 1.165) is 22.9 Å². The third kappa shape index (κ3) is 4.01. The van der Waals surface area contributed by atoms with Gasteiger partial charge in [0.2, 0.25) is 5.91 Å². The monoisotopic (exact) mass is 355 g/mol.